The molecule has 2 aromatic rings. The Balaban J connectivity index is 2.23. The van der Waals surface area contributed by atoms with Crippen molar-refractivity contribution in [1.82, 2.24) is 15.1 Å². The van der Waals surface area contributed by atoms with Gasteiger partial charge in [0.15, 0.2) is 0 Å². The van der Waals surface area contributed by atoms with Crippen LogP contribution >= 0.6 is 11.3 Å². The van der Waals surface area contributed by atoms with Crippen LogP contribution in [-0.4, -0.2) is 22.7 Å². The first-order valence-electron chi connectivity index (χ1n) is 5.82. The van der Waals surface area contributed by atoms with Gasteiger partial charge < -0.3 is 16.4 Å². The number of amides is 1. The molecule has 0 spiro atoms. The SMILES string of the molecule is CNC(=O)c1sc(NCc2cnn(C)c2)c(C#N)c1N. The van der Waals surface area contributed by atoms with Gasteiger partial charge in [-0.2, -0.15) is 10.4 Å². The van der Waals surface area contributed by atoms with Gasteiger partial charge in [-0.1, -0.05) is 0 Å². The van der Waals surface area contributed by atoms with Crippen molar-refractivity contribution in [1.29, 1.82) is 5.26 Å². The zero-order valence-corrected chi connectivity index (χ0v) is 11.9. The number of rotatable bonds is 4. The molecule has 8 heteroatoms. The van der Waals surface area contributed by atoms with Crippen molar-refractivity contribution in [3.63, 3.8) is 0 Å². The molecule has 1 amide bonds. The summed E-state index contributed by atoms with van der Waals surface area (Å²) in [5, 5.41) is 19.4. The number of thiophene rings is 1. The van der Waals surface area contributed by atoms with Gasteiger partial charge in [0, 0.05) is 32.4 Å². The van der Waals surface area contributed by atoms with E-state index in [0.717, 1.165) is 5.56 Å². The molecular weight excluding hydrogens is 276 g/mol. The van der Waals surface area contributed by atoms with E-state index in [1.807, 2.05) is 19.3 Å². The van der Waals surface area contributed by atoms with Crippen LogP contribution < -0.4 is 16.4 Å². The molecule has 0 saturated heterocycles. The van der Waals surface area contributed by atoms with E-state index in [1.54, 1.807) is 10.9 Å². The lowest BCUT2D eigenvalue weighted by atomic mass is 10.2. The Kier molecular flexibility index (Phi) is 3.91. The van der Waals surface area contributed by atoms with Gasteiger partial charge in [0.25, 0.3) is 5.91 Å². The number of carbonyl (C=O) groups excluding carboxylic acids is 1. The molecule has 0 radical (unpaired) electrons. The summed E-state index contributed by atoms with van der Waals surface area (Å²) in [6, 6.07) is 2.03. The number of anilines is 2. The molecule has 0 aliphatic rings. The highest BCUT2D eigenvalue weighted by Gasteiger charge is 2.20. The third-order valence-electron chi connectivity index (χ3n) is 2.70. The second-order valence-corrected chi connectivity index (χ2v) is 5.14. The minimum absolute atomic E-state index is 0.213. The van der Waals surface area contributed by atoms with E-state index in [9.17, 15) is 4.79 Å². The summed E-state index contributed by atoms with van der Waals surface area (Å²) in [6.07, 6.45) is 3.60. The Bertz CT molecular complexity index is 681. The van der Waals surface area contributed by atoms with Gasteiger partial charge in [0.2, 0.25) is 0 Å². The van der Waals surface area contributed by atoms with Crippen LogP contribution in [0.1, 0.15) is 20.8 Å². The van der Waals surface area contributed by atoms with Gasteiger partial charge in [-0.25, -0.2) is 0 Å². The van der Waals surface area contributed by atoms with E-state index in [-0.39, 0.29) is 11.6 Å². The summed E-state index contributed by atoms with van der Waals surface area (Å²) in [4.78, 5) is 12.0. The number of hydrogen-bond donors (Lipinski definition) is 3. The second kappa shape index (κ2) is 5.63. The topological polar surface area (TPSA) is 109 Å². The summed E-state index contributed by atoms with van der Waals surface area (Å²) < 4.78 is 1.70. The van der Waals surface area contributed by atoms with Gasteiger partial charge in [-0.3, -0.25) is 9.48 Å². The van der Waals surface area contributed by atoms with Crippen LogP contribution in [-0.2, 0) is 13.6 Å². The largest absolute Gasteiger partial charge is 0.396 e. The zero-order chi connectivity index (χ0) is 14.7. The minimum Gasteiger partial charge on any atom is -0.396 e. The molecule has 0 aromatic carbocycles. The highest BCUT2D eigenvalue weighted by molar-refractivity contribution is 7.18. The summed E-state index contributed by atoms with van der Waals surface area (Å²) in [5.41, 5.74) is 7.33. The van der Waals surface area contributed by atoms with Crippen LogP contribution in [0.15, 0.2) is 12.4 Å². The normalized spacial score (nSPS) is 10.1. The van der Waals surface area contributed by atoms with Crippen molar-refractivity contribution >= 4 is 27.9 Å². The van der Waals surface area contributed by atoms with Crippen LogP contribution in [0.4, 0.5) is 10.7 Å². The molecule has 2 heterocycles. The number of aryl methyl sites for hydroxylation is 1. The van der Waals surface area contributed by atoms with Crippen molar-refractivity contribution < 1.29 is 4.79 Å². The van der Waals surface area contributed by atoms with E-state index in [0.29, 0.717) is 22.0 Å². The quantitative estimate of drug-likeness (QED) is 0.775. The minimum atomic E-state index is -0.293. The summed E-state index contributed by atoms with van der Waals surface area (Å²) in [5.74, 6) is -0.293. The number of nitrogen functional groups attached to an aromatic ring is 1. The van der Waals surface area contributed by atoms with Crippen molar-refractivity contribution in [3.8, 4) is 6.07 Å². The van der Waals surface area contributed by atoms with E-state index in [4.69, 9.17) is 11.0 Å². The molecule has 0 fully saturated rings. The highest BCUT2D eigenvalue weighted by atomic mass is 32.1. The van der Waals surface area contributed by atoms with Crippen LogP contribution in [0.3, 0.4) is 0 Å². The number of nitrogens with two attached hydrogens (primary N) is 1. The Morgan fingerprint density at radius 3 is 2.95 bits per heavy atom. The number of nitriles is 1. The molecule has 7 nitrogen and oxygen atoms in total. The molecule has 2 aromatic heterocycles. The zero-order valence-electron chi connectivity index (χ0n) is 11.1. The number of carbonyl (C=O) groups is 1. The van der Waals surface area contributed by atoms with Gasteiger partial charge >= 0.3 is 0 Å². The molecule has 0 unspecified atom stereocenters. The molecule has 0 bridgehead atoms. The highest BCUT2D eigenvalue weighted by Crippen LogP contribution is 2.35. The van der Waals surface area contributed by atoms with E-state index >= 15 is 0 Å². The molecule has 4 N–H and O–H groups in total. The van der Waals surface area contributed by atoms with E-state index in [2.05, 4.69) is 15.7 Å². The molecule has 104 valence electrons. The molecule has 0 atom stereocenters. The maximum absolute atomic E-state index is 11.7. The number of nitrogens with one attached hydrogen (secondary N) is 2. The van der Waals surface area contributed by atoms with Gasteiger partial charge in [-0.05, 0) is 0 Å². The van der Waals surface area contributed by atoms with Gasteiger partial charge in [-0.15, -0.1) is 11.3 Å². The molecular formula is C12H14N6OS. The van der Waals surface area contributed by atoms with E-state index in [1.165, 1.54) is 18.4 Å². The smallest absolute Gasteiger partial charge is 0.263 e. The summed E-state index contributed by atoms with van der Waals surface area (Å²) in [6.45, 7) is 0.510. The van der Waals surface area contributed by atoms with Crippen LogP contribution in [0.2, 0.25) is 0 Å². The fourth-order valence-corrected chi connectivity index (χ4v) is 2.72. The van der Waals surface area contributed by atoms with E-state index < -0.39 is 0 Å². The summed E-state index contributed by atoms with van der Waals surface area (Å²) >= 11 is 1.17. The maximum atomic E-state index is 11.7. The van der Waals surface area contributed by atoms with Gasteiger partial charge in [0.1, 0.15) is 21.5 Å². The fraction of sp³-hybridized carbons (Fsp3) is 0.250. The van der Waals surface area contributed by atoms with Crippen LogP contribution in [0.5, 0.6) is 0 Å². The monoisotopic (exact) mass is 290 g/mol. The Hall–Kier alpha value is -2.53. The number of aromatic nitrogens is 2. The number of hydrogen-bond acceptors (Lipinski definition) is 6. The van der Waals surface area contributed by atoms with Crippen LogP contribution in [0.25, 0.3) is 0 Å². The summed E-state index contributed by atoms with van der Waals surface area (Å²) in [7, 11) is 3.35. The van der Waals surface area contributed by atoms with Crippen molar-refractivity contribution in [2.45, 2.75) is 6.54 Å². The molecule has 20 heavy (non-hydrogen) atoms. The van der Waals surface area contributed by atoms with Crippen molar-refractivity contribution in [2.24, 2.45) is 7.05 Å². The molecule has 0 aliphatic heterocycles. The first-order chi connectivity index (χ1) is 9.56. The third kappa shape index (κ3) is 2.57. The predicted octanol–water partition coefficient (Wildman–Crippen LogP) is 0.907. The molecule has 0 aliphatic carbocycles. The predicted molar refractivity (Wildman–Crippen MR) is 77.4 cm³/mol. The standard InChI is InChI=1S/C12H14N6OS/c1-15-11(19)10-9(14)8(3-13)12(20-10)16-4-7-5-17-18(2)6-7/h5-6,16H,4,14H2,1-2H3,(H,15,19). The van der Waals surface area contributed by atoms with Gasteiger partial charge in [0.05, 0.1) is 11.9 Å². The molecule has 2 rings (SSSR count). The fourth-order valence-electron chi connectivity index (χ4n) is 1.71. The Morgan fingerprint density at radius 2 is 2.40 bits per heavy atom. The lowest BCUT2D eigenvalue weighted by molar-refractivity contribution is 0.0968. The average Bonchev–Trinajstić information content (AvgIpc) is 2.99. The lowest BCUT2D eigenvalue weighted by Gasteiger charge is -2.01. The molecule has 0 saturated carbocycles. The Labute approximate surface area is 120 Å². The third-order valence-corrected chi connectivity index (χ3v) is 3.86. The Morgan fingerprint density at radius 1 is 1.65 bits per heavy atom. The average molecular weight is 290 g/mol. The van der Waals surface area contributed by atoms with Crippen molar-refractivity contribution in [3.05, 3.63) is 28.4 Å². The lowest BCUT2D eigenvalue weighted by Crippen LogP contribution is -2.17. The second-order valence-electron chi connectivity index (χ2n) is 4.12. The maximum Gasteiger partial charge on any atom is 0.263 e. The van der Waals surface area contributed by atoms with Crippen LogP contribution in [0, 0.1) is 11.3 Å². The van der Waals surface area contributed by atoms with Crippen molar-refractivity contribution in [2.75, 3.05) is 18.1 Å². The first-order valence-corrected chi connectivity index (χ1v) is 6.64. The number of nitrogens with zero attached hydrogens (tertiary/aromatic N) is 3. The first kappa shape index (κ1) is 13.9.